The van der Waals surface area contributed by atoms with Gasteiger partial charge in [0.25, 0.3) is 0 Å². The first-order chi connectivity index (χ1) is 10.2. The van der Waals surface area contributed by atoms with E-state index in [0.29, 0.717) is 0 Å². The summed E-state index contributed by atoms with van der Waals surface area (Å²) in [6.07, 6.45) is 1.99. The molecule has 4 rings (SSSR count). The molecule has 0 saturated carbocycles. The second-order valence-corrected chi connectivity index (χ2v) is 5.80. The van der Waals surface area contributed by atoms with E-state index in [1.807, 2.05) is 6.20 Å². The van der Waals surface area contributed by atoms with Gasteiger partial charge in [0.05, 0.1) is 11.0 Å². The van der Waals surface area contributed by atoms with E-state index in [4.69, 9.17) is 0 Å². The van der Waals surface area contributed by atoms with Gasteiger partial charge < -0.3 is 9.88 Å². The Morgan fingerprint density at radius 1 is 1.05 bits per heavy atom. The van der Waals surface area contributed by atoms with Crippen molar-refractivity contribution in [1.82, 2.24) is 14.9 Å². The van der Waals surface area contributed by atoms with Crippen LogP contribution in [-0.4, -0.2) is 29.0 Å². The van der Waals surface area contributed by atoms with E-state index in [1.54, 1.807) is 0 Å². The summed E-state index contributed by atoms with van der Waals surface area (Å²) < 4.78 is 0. The van der Waals surface area contributed by atoms with Gasteiger partial charge in [-0.25, -0.2) is 0 Å². The molecule has 21 heavy (non-hydrogen) atoms. The molecule has 1 N–H and O–H groups in total. The molecule has 2 aromatic heterocycles. The zero-order valence-electron chi connectivity index (χ0n) is 12.2. The van der Waals surface area contributed by atoms with E-state index < -0.39 is 0 Å². The zero-order valence-corrected chi connectivity index (χ0v) is 12.2. The number of fused-ring (bicyclic) bond motifs is 4. The molecule has 0 aliphatic rings. The predicted octanol–water partition coefficient (Wildman–Crippen LogP) is 3.93. The van der Waals surface area contributed by atoms with Gasteiger partial charge in [-0.05, 0) is 48.6 Å². The Morgan fingerprint density at radius 2 is 1.90 bits per heavy atom. The molecule has 0 fully saturated rings. The Balaban J connectivity index is 2.11. The van der Waals surface area contributed by atoms with E-state index in [1.165, 1.54) is 27.2 Å². The largest absolute Gasteiger partial charge is 0.354 e. The summed E-state index contributed by atoms with van der Waals surface area (Å²) in [6.45, 7) is 0.899. The molecule has 2 heterocycles. The number of para-hydroxylation sites is 1. The Morgan fingerprint density at radius 3 is 2.76 bits per heavy atom. The first kappa shape index (κ1) is 12.4. The van der Waals surface area contributed by atoms with Crippen LogP contribution in [0.4, 0.5) is 0 Å². The lowest BCUT2D eigenvalue weighted by molar-refractivity contribution is 0.404. The molecule has 0 aliphatic heterocycles. The number of aromatic amines is 1. The smallest absolute Gasteiger partial charge is 0.0727 e. The number of pyridine rings is 1. The van der Waals surface area contributed by atoms with E-state index in [9.17, 15) is 0 Å². The lowest BCUT2D eigenvalue weighted by atomic mass is 10.1. The Bertz CT molecular complexity index is 951. The van der Waals surface area contributed by atoms with Crippen molar-refractivity contribution in [3.8, 4) is 0 Å². The highest BCUT2D eigenvalue weighted by Crippen LogP contribution is 2.29. The summed E-state index contributed by atoms with van der Waals surface area (Å²) in [5, 5.41) is 3.71. The number of aromatic nitrogens is 2. The van der Waals surface area contributed by atoms with Gasteiger partial charge >= 0.3 is 0 Å². The maximum Gasteiger partial charge on any atom is 0.0727 e. The third-order valence-electron chi connectivity index (χ3n) is 3.91. The van der Waals surface area contributed by atoms with Crippen LogP contribution < -0.4 is 0 Å². The first-order valence-electron chi connectivity index (χ1n) is 7.15. The Labute approximate surface area is 123 Å². The molecule has 0 spiro atoms. The van der Waals surface area contributed by atoms with Crippen molar-refractivity contribution in [3.05, 3.63) is 54.2 Å². The highest BCUT2D eigenvalue weighted by atomic mass is 15.0. The minimum atomic E-state index is 0.899. The second kappa shape index (κ2) is 4.57. The van der Waals surface area contributed by atoms with E-state index >= 15 is 0 Å². The molecule has 0 atom stereocenters. The zero-order chi connectivity index (χ0) is 14.4. The van der Waals surface area contributed by atoms with Gasteiger partial charge in [-0.1, -0.05) is 24.3 Å². The monoisotopic (exact) mass is 275 g/mol. The van der Waals surface area contributed by atoms with Gasteiger partial charge in [-0.2, -0.15) is 0 Å². The summed E-state index contributed by atoms with van der Waals surface area (Å²) >= 11 is 0. The van der Waals surface area contributed by atoms with Crippen LogP contribution >= 0.6 is 0 Å². The van der Waals surface area contributed by atoms with Gasteiger partial charge in [-0.3, -0.25) is 4.98 Å². The van der Waals surface area contributed by atoms with Gasteiger partial charge in [0.1, 0.15) is 0 Å². The van der Waals surface area contributed by atoms with Crippen LogP contribution in [-0.2, 0) is 6.54 Å². The van der Waals surface area contributed by atoms with Crippen molar-refractivity contribution >= 4 is 32.7 Å². The molecule has 0 aliphatic carbocycles. The molecule has 3 heteroatoms. The molecular formula is C18H17N3. The van der Waals surface area contributed by atoms with Crippen molar-refractivity contribution in [2.24, 2.45) is 0 Å². The first-order valence-corrected chi connectivity index (χ1v) is 7.15. The average Bonchev–Trinajstić information content (AvgIpc) is 2.88. The number of rotatable bonds is 2. The number of nitrogens with one attached hydrogen (secondary N) is 1. The fourth-order valence-electron chi connectivity index (χ4n) is 3.01. The molecule has 4 aromatic rings. The quantitative estimate of drug-likeness (QED) is 0.562. The number of benzene rings is 2. The van der Waals surface area contributed by atoms with Crippen LogP contribution in [0.25, 0.3) is 32.7 Å². The molecule has 0 amide bonds. The molecule has 0 saturated heterocycles. The number of H-pyrrole nitrogens is 1. The van der Waals surface area contributed by atoms with Gasteiger partial charge in [0.15, 0.2) is 0 Å². The highest BCUT2D eigenvalue weighted by Gasteiger charge is 2.10. The van der Waals surface area contributed by atoms with Crippen molar-refractivity contribution in [3.63, 3.8) is 0 Å². The fraction of sp³-hybridized carbons (Fsp3) is 0.167. The van der Waals surface area contributed by atoms with Gasteiger partial charge in [-0.15, -0.1) is 0 Å². The molecule has 104 valence electrons. The van der Waals surface area contributed by atoms with Crippen LogP contribution in [0.2, 0.25) is 0 Å². The maximum atomic E-state index is 4.56. The van der Waals surface area contributed by atoms with E-state index in [-0.39, 0.29) is 0 Å². The third kappa shape index (κ3) is 1.98. The molecule has 0 unspecified atom stereocenters. The molecule has 2 aromatic carbocycles. The fourth-order valence-corrected chi connectivity index (χ4v) is 3.01. The SMILES string of the molecule is CN(C)Cc1cnc2ccc3cc4ccccc4[nH]c3c12. The summed E-state index contributed by atoms with van der Waals surface area (Å²) in [6, 6.07) is 14.9. The summed E-state index contributed by atoms with van der Waals surface area (Å²) in [4.78, 5) is 10.3. The van der Waals surface area contributed by atoms with E-state index in [2.05, 4.69) is 71.4 Å². The van der Waals surface area contributed by atoms with Crippen LogP contribution in [0.15, 0.2) is 48.7 Å². The van der Waals surface area contributed by atoms with E-state index in [0.717, 1.165) is 17.6 Å². The van der Waals surface area contributed by atoms with Gasteiger partial charge in [0.2, 0.25) is 0 Å². The second-order valence-electron chi connectivity index (χ2n) is 5.80. The van der Waals surface area contributed by atoms with Gasteiger partial charge in [0, 0.05) is 23.6 Å². The van der Waals surface area contributed by atoms with Crippen LogP contribution in [0, 0.1) is 0 Å². The minimum absolute atomic E-state index is 0.899. The number of hydrogen-bond donors (Lipinski definition) is 1. The maximum absolute atomic E-state index is 4.56. The number of hydrogen-bond acceptors (Lipinski definition) is 2. The lowest BCUT2D eigenvalue weighted by Gasteiger charge is -2.10. The normalized spacial score (nSPS) is 12.0. The highest BCUT2D eigenvalue weighted by molar-refractivity contribution is 6.09. The third-order valence-corrected chi connectivity index (χ3v) is 3.91. The average molecular weight is 275 g/mol. The standard InChI is InChI=1S/C18H17N3/c1-21(2)11-14-10-19-16-8-7-13-9-12-5-3-4-6-15(12)20-18(13)17(14)16/h3-10,20H,11H2,1-2H3. The predicted molar refractivity (Wildman–Crippen MR) is 88.5 cm³/mol. The van der Waals surface area contributed by atoms with Crippen LogP contribution in [0.1, 0.15) is 5.56 Å². The van der Waals surface area contributed by atoms with Crippen LogP contribution in [0.5, 0.6) is 0 Å². The summed E-state index contributed by atoms with van der Waals surface area (Å²) in [7, 11) is 4.17. The molecule has 0 bridgehead atoms. The lowest BCUT2D eigenvalue weighted by Crippen LogP contribution is -2.10. The molecular weight excluding hydrogens is 258 g/mol. The summed E-state index contributed by atoms with van der Waals surface area (Å²) in [5.74, 6) is 0. The number of nitrogens with zero attached hydrogens (tertiary/aromatic N) is 2. The van der Waals surface area contributed by atoms with Crippen LogP contribution in [0.3, 0.4) is 0 Å². The topological polar surface area (TPSA) is 31.9 Å². The molecule has 0 radical (unpaired) electrons. The van der Waals surface area contributed by atoms with Crippen molar-refractivity contribution in [1.29, 1.82) is 0 Å². The summed E-state index contributed by atoms with van der Waals surface area (Å²) in [5.41, 5.74) is 4.67. The van der Waals surface area contributed by atoms with Crippen molar-refractivity contribution in [2.75, 3.05) is 14.1 Å². The molecule has 3 nitrogen and oxygen atoms in total. The Kier molecular flexibility index (Phi) is 2.69. The minimum Gasteiger partial charge on any atom is -0.354 e. The van der Waals surface area contributed by atoms with Crippen molar-refractivity contribution < 1.29 is 0 Å². The van der Waals surface area contributed by atoms with Crippen molar-refractivity contribution in [2.45, 2.75) is 6.54 Å². The Hall–Kier alpha value is -2.39.